The Hall–Kier alpha value is -1.37. The average molecular weight is 242 g/mol. The van der Waals surface area contributed by atoms with Crippen molar-refractivity contribution < 1.29 is 4.79 Å². The third-order valence-corrected chi connectivity index (χ3v) is 3.78. The minimum absolute atomic E-state index is 0.281. The zero-order valence-corrected chi connectivity index (χ0v) is 11.1. The Labute approximate surface area is 110 Å². The fraction of sp³-hybridized carbons (Fsp3) is 0.471. The van der Waals surface area contributed by atoms with Crippen LogP contribution in [0.4, 0.5) is 0 Å². The Balaban J connectivity index is 1.73. The highest BCUT2D eigenvalue weighted by atomic mass is 16.1. The normalized spacial score (nSPS) is 22.9. The summed E-state index contributed by atoms with van der Waals surface area (Å²) in [7, 11) is 0. The highest BCUT2D eigenvalue weighted by Gasteiger charge is 2.13. The lowest BCUT2D eigenvalue weighted by Gasteiger charge is -2.19. The monoisotopic (exact) mass is 242 g/mol. The van der Waals surface area contributed by atoms with Gasteiger partial charge in [-0.25, -0.2) is 0 Å². The maximum Gasteiger partial charge on any atom is 0.162 e. The fourth-order valence-electron chi connectivity index (χ4n) is 2.55. The van der Waals surface area contributed by atoms with Gasteiger partial charge in [-0.1, -0.05) is 49.4 Å². The summed E-state index contributed by atoms with van der Waals surface area (Å²) in [5.74, 6) is 1.72. The second kappa shape index (κ2) is 6.53. The van der Waals surface area contributed by atoms with E-state index in [1.165, 1.54) is 12.8 Å². The molecule has 2 rings (SSSR count). The van der Waals surface area contributed by atoms with Crippen LogP contribution in [0.3, 0.4) is 0 Å². The number of hydrogen-bond donors (Lipinski definition) is 0. The summed E-state index contributed by atoms with van der Waals surface area (Å²) in [5, 5.41) is 0. The first-order valence-electron chi connectivity index (χ1n) is 7.02. The van der Waals surface area contributed by atoms with Crippen molar-refractivity contribution in [3.05, 3.63) is 48.0 Å². The van der Waals surface area contributed by atoms with Gasteiger partial charge in [0.05, 0.1) is 0 Å². The molecule has 0 aliphatic heterocycles. The predicted molar refractivity (Wildman–Crippen MR) is 75.7 cm³/mol. The van der Waals surface area contributed by atoms with Crippen LogP contribution in [-0.2, 0) is 0 Å². The van der Waals surface area contributed by atoms with E-state index in [1.54, 1.807) is 0 Å². The smallest absolute Gasteiger partial charge is 0.162 e. The molecular weight excluding hydrogens is 220 g/mol. The molecule has 0 heterocycles. The van der Waals surface area contributed by atoms with Gasteiger partial charge in [-0.05, 0) is 37.5 Å². The van der Waals surface area contributed by atoms with Crippen molar-refractivity contribution in [1.82, 2.24) is 0 Å². The van der Waals surface area contributed by atoms with Gasteiger partial charge in [0.1, 0.15) is 0 Å². The van der Waals surface area contributed by atoms with Crippen LogP contribution < -0.4 is 0 Å². The number of hydrogen-bond acceptors (Lipinski definition) is 1. The highest BCUT2D eigenvalue weighted by Crippen LogP contribution is 2.25. The molecule has 0 bridgehead atoms. The second-order valence-electron chi connectivity index (χ2n) is 5.38. The Kier molecular flexibility index (Phi) is 4.74. The van der Waals surface area contributed by atoms with E-state index in [0.29, 0.717) is 12.3 Å². The van der Waals surface area contributed by atoms with Crippen LogP contribution >= 0.6 is 0 Å². The van der Waals surface area contributed by atoms with Crippen molar-refractivity contribution in [1.29, 1.82) is 0 Å². The van der Waals surface area contributed by atoms with E-state index in [2.05, 4.69) is 19.1 Å². The number of Topliss-reactive ketones (excluding diaryl/α,β-unsaturated/α-hetero) is 1. The summed E-state index contributed by atoms with van der Waals surface area (Å²) in [4.78, 5) is 11.9. The lowest BCUT2D eigenvalue weighted by atomic mass is 9.86. The third kappa shape index (κ3) is 3.83. The van der Waals surface area contributed by atoms with Crippen LogP contribution in [-0.4, -0.2) is 5.78 Å². The van der Waals surface area contributed by atoms with Gasteiger partial charge in [-0.15, -0.1) is 0 Å². The summed E-state index contributed by atoms with van der Waals surface area (Å²) in [5.41, 5.74) is 0.852. The van der Waals surface area contributed by atoms with Crippen LogP contribution in [0.2, 0.25) is 0 Å². The van der Waals surface area contributed by atoms with Crippen molar-refractivity contribution in [2.75, 3.05) is 0 Å². The van der Waals surface area contributed by atoms with Crippen molar-refractivity contribution in [2.45, 2.75) is 39.0 Å². The van der Waals surface area contributed by atoms with E-state index in [0.717, 1.165) is 24.3 Å². The molecule has 2 atom stereocenters. The molecule has 0 radical (unpaired) electrons. The molecule has 1 heteroatoms. The molecule has 18 heavy (non-hydrogen) atoms. The molecule has 1 nitrogen and oxygen atoms in total. The maximum absolute atomic E-state index is 11.9. The van der Waals surface area contributed by atoms with Gasteiger partial charge in [-0.3, -0.25) is 4.79 Å². The third-order valence-electron chi connectivity index (χ3n) is 3.78. The number of ketones is 1. The van der Waals surface area contributed by atoms with Crippen LogP contribution in [0.5, 0.6) is 0 Å². The number of rotatable bonds is 5. The Morgan fingerprint density at radius 2 is 1.94 bits per heavy atom. The Morgan fingerprint density at radius 1 is 1.17 bits per heavy atom. The number of allylic oxidation sites excluding steroid dienone is 2. The lowest BCUT2D eigenvalue weighted by Crippen LogP contribution is -2.07. The van der Waals surface area contributed by atoms with Crippen LogP contribution in [0.25, 0.3) is 0 Å². The molecule has 1 aliphatic rings. The quantitative estimate of drug-likeness (QED) is 0.543. The van der Waals surface area contributed by atoms with Gasteiger partial charge in [-0.2, -0.15) is 0 Å². The number of carbonyl (C=O) groups excluding carboxylic acids is 1. The fourth-order valence-corrected chi connectivity index (χ4v) is 2.55. The standard InChI is InChI=1S/C17H22O/c1-14-10-12-15(13-11-14)6-5-9-17(18)16-7-3-2-4-8-16/h2-4,7-8,10,12,14-15H,5-6,9,11,13H2,1H3/t14-,15?/m0/s1. The van der Waals surface area contributed by atoms with Crippen molar-refractivity contribution in [2.24, 2.45) is 11.8 Å². The molecule has 0 N–H and O–H groups in total. The summed E-state index contributed by atoms with van der Waals surface area (Å²) >= 11 is 0. The van der Waals surface area contributed by atoms with Crippen LogP contribution in [0.15, 0.2) is 42.5 Å². The second-order valence-corrected chi connectivity index (χ2v) is 5.38. The molecule has 1 aliphatic carbocycles. The molecule has 1 aromatic rings. The molecule has 0 saturated carbocycles. The van der Waals surface area contributed by atoms with Gasteiger partial charge >= 0.3 is 0 Å². The molecular formula is C17H22O. The number of carbonyl (C=O) groups is 1. The van der Waals surface area contributed by atoms with E-state index in [9.17, 15) is 4.79 Å². The molecule has 96 valence electrons. The van der Waals surface area contributed by atoms with Gasteiger partial charge in [0, 0.05) is 12.0 Å². The van der Waals surface area contributed by atoms with Gasteiger partial charge in [0.25, 0.3) is 0 Å². The first-order chi connectivity index (χ1) is 8.75. The topological polar surface area (TPSA) is 17.1 Å². The van der Waals surface area contributed by atoms with Gasteiger partial charge in [0.2, 0.25) is 0 Å². The highest BCUT2D eigenvalue weighted by molar-refractivity contribution is 5.95. The minimum Gasteiger partial charge on any atom is -0.294 e. The minimum atomic E-state index is 0.281. The summed E-state index contributed by atoms with van der Waals surface area (Å²) in [6.45, 7) is 2.27. The van der Waals surface area contributed by atoms with E-state index < -0.39 is 0 Å². The maximum atomic E-state index is 11.9. The van der Waals surface area contributed by atoms with Gasteiger partial charge in [0.15, 0.2) is 5.78 Å². The molecule has 0 spiro atoms. The molecule has 0 amide bonds. The van der Waals surface area contributed by atoms with E-state index in [-0.39, 0.29) is 5.78 Å². The molecule has 1 unspecified atom stereocenters. The predicted octanol–water partition coefficient (Wildman–Crippen LogP) is 4.64. The largest absolute Gasteiger partial charge is 0.294 e. The summed E-state index contributed by atoms with van der Waals surface area (Å²) in [6, 6.07) is 9.62. The van der Waals surface area contributed by atoms with Crippen molar-refractivity contribution >= 4 is 5.78 Å². The first kappa shape index (κ1) is 13.1. The van der Waals surface area contributed by atoms with E-state index >= 15 is 0 Å². The van der Waals surface area contributed by atoms with Crippen LogP contribution in [0, 0.1) is 11.8 Å². The molecule has 1 aromatic carbocycles. The zero-order valence-electron chi connectivity index (χ0n) is 11.1. The van der Waals surface area contributed by atoms with Crippen molar-refractivity contribution in [3.63, 3.8) is 0 Å². The molecule has 0 aromatic heterocycles. The zero-order chi connectivity index (χ0) is 12.8. The molecule has 0 fully saturated rings. The number of benzene rings is 1. The van der Waals surface area contributed by atoms with Crippen molar-refractivity contribution in [3.8, 4) is 0 Å². The first-order valence-corrected chi connectivity index (χ1v) is 7.02. The lowest BCUT2D eigenvalue weighted by molar-refractivity contribution is 0.0978. The van der Waals surface area contributed by atoms with Gasteiger partial charge < -0.3 is 0 Å². The Morgan fingerprint density at radius 3 is 2.61 bits per heavy atom. The summed E-state index contributed by atoms with van der Waals surface area (Å²) < 4.78 is 0. The summed E-state index contributed by atoms with van der Waals surface area (Å²) in [6.07, 6.45) is 10.1. The van der Waals surface area contributed by atoms with Crippen LogP contribution in [0.1, 0.15) is 49.4 Å². The average Bonchev–Trinajstić information content (AvgIpc) is 2.42. The van der Waals surface area contributed by atoms with E-state index in [1.807, 2.05) is 30.3 Å². The van der Waals surface area contributed by atoms with E-state index in [4.69, 9.17) is 0 Å². The SMILES string of the molecule is C[C@H]1C=CC(CCCC(=O)c2ccccc2)CC1. The Bertz CT molecular complexity index is 405. The molecule has 0 saturated heterocycles.